The molecule has 5 atom stereocenters. The third kappa shape index (κ3) is 10.2. The number of unbranched alkanes of at least 4 members (excludes halogenated alkanes) is 1. The molecule has 52 heavy (non-hydrogen) atoms. The summed E-state index contributed by atoms with van der Waals surface area (Å²) < 4.78 is 62.9. The topological polar surface area (TPSA) is 162 Å². The van der Waals surface area contributed by atoms with Crippen LogP contribution in [0.25, 0.3) is 0 Å². The lowest BCUT2D eigenvalue weighted by Gasteiger charge is -2.35. The van der Waals surface area contributed by atoms with E-state index < -0.39 is 49.0 Å². The Labute approximate surface area is 309 Å². The minimum absolute atomic E-state index is 0.00883. The molecule has 5 rings (SSSR count). The van der Waals surface area contributed by atoms with Gasteiger partial charge in [-0.15, -0.1) is 0 Å². The highest BCUT2D eigenvalue weighted by Crippen LogP contribution is 2.40. The Morgan fingerprint density at radius 2 is 1.79 bits per heavy atom. The van der Waals surface area contributed by atoms with E-state index >= 15 is 0 Å². The van der Waals surface area contributed by atoms with Crippen molar-refractivity contribution in [3.8, 4) is 17.2 Å². The smallest absolute Gasteiger partial charge is 0.407 e. The molecule has 3 heterocycles. The molecule has 0 saturated carbocycles. The van der Waals surface area contributed by atoms with Gasteiger partial charge in [0.25, 0.3) is 0 Å². The summed E-state index contributed by atoms with van der Waals surface area (Å²) in [6, 6.07) is 11.0. The molecule has 2 aromatic rings. The minimum Gasteiger partial charge on any atom is -0.494 e. The second-order valence-electron chi connectivity index (χ2n) is 15.6. The van der Waals surface area contributed by atoms with Crippen molar-refractivity contribution in [3.05, 3.63) is 48.0 Å². The molecule has 0 unspecified atom stereocenters. The van der Waals surface area contributed by atoms with Crippen LogP contribution >= 0.6 is 0 Å². The summed E-state index contributed by atoms with van der Waals surface area (Å²) in [5.74, 6) is 1.37. The molecule has 3 aliphatic rings. The standard InChI is InChI=1S/C37H56N2O11SSi/c1-25(2)21-39(51(42,43)28-13-14-32-33(20-28)49-24-48-32)22-31(40)30(38-36(41)50-34-23-47-35-29(34)15-18-46-35)19-26-9-11-27(12-10-26)45-17-8-7-16-37(3,4)52(5,6)44/h9-14,20,25,29-31,34-35,40,44H,7-8,15-19,21-24H2,1-6H3,(H,38,41)/t29-,30-,31+,34-,35+/m0/s1. The second kappa shape index (κ2) is 17.0. The first-order chi connectivity index (χ1) is 24.5. The Morgan fingerprint density at radius 1 is 1.06 bits per heavy atom. The monoisotopic (exact) mass is 764 g/mol. The number of alkyl carbamates (subject to hydrolysis) is 1. The Morgan fingerprint density at radius 3 is 2.50 bits per heavy atom. The number of rotatable bonds is 18. The van der Waals surface area contributed by atoms with E-state index in [1.807, 2.05) is 51.2 Å². The second-order valence-corrected chi connectivity index (χ2v) is 22.0. The zero-order valence-electron chi connectivity index (χ0n) is 31.2. The summed E-state index contributed by atoms with van der Waals surface area (Å²) in [6.45, 7) is 13.1. The average molecular weight is 765 g/mol. The zero-order chi connectivity index (χ0) is 37.7. The zero-order valence-corrected chi connectivity index (χ0v) is 33.0. The van der Waals surface area contributed by atoms with Crippen molar-refractivity contribution in [1.82, 2.24) is 9.62 Å². The predicted molar refractivity (Wildman–Crippen MR) is 196 cm³/mol. The van der Waals surface area contributed by atoms with Crippen LogP contribution in [0.3, 0.4) is 0 Å². The summed E-state index contributed by atoms with van der Waals surface area (Å²) in [5, 5.41) is 14.5. The Hall–Kier alpha value is -2.92. The van der Waals surface area contributed by atoms with Gasteiger partial charge in [0.2, 0.25) is 16.8 Å². The van der Waals surface area contributed by atoms with Gasteiger partial charge >= 0.3 is 6.09 Å². The van der Waals surface area contributed by atoms with Crippen molar-refractivity contribution < 1.29 is 51.5 Å². The molecule has 15 heteroatoms. The van der Waals surface area contributed by atoms with Crippen LogP contribution in [0.4, 0.5) is 4.79 Å². The van der Waals surface area contributed by atoms with Crippen LogP contribution in [-0.4, -0.2) is 101 Å². The molecule has 0 bridgehead atoms. The molecule has 0 aromatic heterocycles. The lowest BCUT2D eigenvalue weighted by atomic mass is 10.0. The van der Waals surface area contributed by atoms with Crippen molar-refractivity contribution in [3.63, 3.8) is 0 Å². The van der Waals surface area contributed by atoms with Crippen LogP contribution in [0.1, 0.15) is 58.9 Å². The number of carbonyl (C=O) groups is 1. The van der Waals surface area contributed by atoms with Gasteiger partial charge in [-0.1, -0.05) is 39.8 Å². The third-order valence-electron chi connectivity index (χ3n) is 10.5. The van der Waals surface area contributed by atoms with Crippen LogP contribution in [-0.2, 0) is 30.7 Å². The highest BCUT2D eigenvalue weighted by molar-refractivity contribution is 7.89. The van der Waals surface area contributed by atoms with Gasteiger partial charge in [0, 0.05) is 19.2 Å². The number of aliphatic hydroxyl groups excluding tert-OH is 1. The maximum absolute atomic E-state index is 14.0. The molecule has 0 spiro atoms. The minimum atomic E-state index is -4.07. The SMILES string of the molecule is CC(C)CN(C[C@@H](O)[C@H](Cc1ccc(OCCCCC(C)(C)[Si](C)(C)O)cc1)NC(=O)O[C@H]1CO[C@H]2OCC[C@H]21)S(=O)(=O)c1ccc2c(c1)OCO2. The van der Waals surface area contributed by atoms with Crippen molar-refractivity contribution >= 4 is 24.4 Å². The molecule has 3 aliphatic heterocycles. The number of fused-ring (bicyclic) bond motifs is 2. The Kier molecular flexibility index (Phi) is 13.2. The van der Waals surface area contributed by atoms with Gasteiger partial charge in [-0.2, -0.15) is 4.31 Å². The molecule has 2 aromatic carbocycles. The molecule has 2 saturated heterocycles. The fourth-order valence-electron chi connectivity index (χ4n) is 6.49. The lowest BCUT2D eigenvalue weighted by Crippen LogP contribution is -2.51. The van der Waals surface area contributed by atoms with Crippen LogP contribution in [0.5, 0.6) is 17.2 Å². The summed E-state index contributed by atoms with van der Waals surface area (Å²) in [7, 11) is -6.33. The molecule has 290 valence electrons. The van der Waals surface area contributed by atoms with Crippen LogP contribution in [0.15, 0.2) is 47.4 Å². The average Bonchev–Trinajstić information content (AvgIpc) is 3.83. The maximum Gasteiger partial charge on any atom is 0.407 e. The first-order valence-electron chi connectivity index (χ1n) is 18.3. The fourth-order valence-corrected chi connectivity index (χ4v) is 8.92. The number of hydrogen-bond donors (Lipinski definition) is 3. The van der Waals surface area contributed by atoms with Crippen molar-refractivity contribution in [2.24, 2.45) is 11.8 Å². The number of nitrogens with zero attached hydrogens (tertiary/aromatic N) is 1. The van der Waals surface area contributed by atoms with Gasteiger partial charge in [-0.3, -0.25) is 0 Å². The van der Waals surface area contributed by atoms with Crippen molar-refractivity contribution in [1.29, 1.82) is 0 Å². The van der Waals surface area contributed by atoms with E-state index in [1.54, 1.807) is 6.07 Å². The molecular weight excluding hydrogens is 709 g/mol. The lowest BCUT2D eigenvalue weighted by molar-refractivity contribution is -0.0907. The summed E-state index contributed by atoms with van der Waals surface area (Å²) in [4.78, 5) is 23.9. The molecule has 0 radical (unpaired) electrons. The first kappa shape index (κ1) is 40.3. The number of ether oxygens (including phenoxy) is 6. The number of benzene rings is 2. The Balaban J connectivity index is 1.26. The molecule has 3 N–H and O–H groups in total. The number of nitrogens with one attached hydrogen (secondary N) is 1. The number of sulfonamides is 1. The number of aliphatic hydroxyl groups is 1. The van der Waals surface area contributed by atoms with Crippen LogP contribution < -0.4 is 19.5 Å². The van der Waals surface area contributed by atoms with Gasteiger partial charge < -0.3 is 43.6 Å². The quantitative estimate of drug-likeness (QED) is 0.138. The molecule has 2 fully saturated rings. The van der Waals surface area contributed by atoms with E-state index in [0.717, 1.165) is 24.8 Å². The highest BCUT2D eigenvalue weighted by Gasteiger charge is 2.44. The normalized spacial score (nSPS) is 21.3. The van der Waals surface area contributed by atoms with Gasteiger partial charge in [0.1, 0.15) is 11.9 Å². The largest absolute Gasteiger partial charge is 0.494 e. The van der Waals surface area contributed by atoms with E-state index in [-0.39, 0.29) is 54.7 Å². The Bertz CT molecular complexity index is 1600. The first-order valence-corrected chi connectivity index (χ1v) is 22.6. The molecular formula is C37H56N2O11SSi. The number of carbonyl (C=O) groups excluding carboxylic acids is 1. The van der Waals surface area contributed by atoms with Gasteiger partial charge in [-0.05, 0) is 86.0 Å². The highest BCUT2D eigenvalue weighted by atomic mass is 32.2. The van der Waals surface area contributed by atoms with E-state index in [0.29, 0.717) is 36.9 Å². The van der Waals surface area contributed by atoms with Gasteiger partial charge in [0.15, 0.2) is 26.1 Å². The van der Waals surface area contributed by atoms with Crippen LogP contribution in [0, 0.1) is 11.8 Å². The van der Waals surface area contributed by atoms with Crippen LogP contribution in [0.2, 0.25) is 18.1 Å². The van der Waals surface area contributed by atoms with Crippen molar-refractivity contribution in [2.45, 2.75) is 107 Å². The number of hydrogen-bond acceptors (Lipinski definition) is 11. The summed E-state index contributed by atoms with van der Waals surface area (Å²) in [6.07, 6.45) is 0.730. The number of amides is 1. The molecule has 0 aliphatic carbocycles. The van der Waals surface area contributed by atoms with Gasteiger partial charge in [-0.25, -0.2) is 13.2 Å². The maximum atomic E-state index is 14.0. The van der Waals surface area contributed by atoms with E-state index in [9.17, 15) is 23.1 Å². The summed E-state index contributed by atoms with van der Waals surface area (Å²) in [5.41, 5.74) is 0.802. The summed E-state index contributed by atoms with van der Waals surface area (Å²) >= 11 is 0. The van der Waals surface area contributed by atoms with E-state index in [2.05, 4.69) is 19.2 Å². The predicted octanol–water partition coefficient (Wildman–Crippen LogP) is 5.05. The third-order valence-corrected chi connectivity index (χ3v) is 15.8. The van der Waals surface area contributed by atoms with E-state index in [1.165, 1.54) is 16.4 Å². The molecule has 13 nitrogen and oxygen atoms in total. The van der Waals surface area contributed by atoms with Crippen molar-refractivity contribution in [2.75, 3.05) is 39.7 Å². The van der Waals surface area contributed by atoms with Gasteiger partial charge in [0.05, 0.1) is 42.8 Å². The fraction of sp³-hybridized carbons (Fsp3) is 0.649. The van der Waals surface area contributed by atoms with E-state index in [4.69, 9.17) is 28.4 Å². The molecule has 1 amide bonds.